The van der Waals surface area contributed by atoms with Gasteiger partial charge in [-0.2, -0.15) is 0 Å². The van der Waals surface area contributed by atoms with Crippen LogP contribution in [-0.2, 0) is 29.1 Å². The monoisotopic (exact) mass is 446 g/mol. The van der Waals surface area contributed by atoms with E-state index in [1.165, 1.54) is 57.9 Å². The summed E-state index contributed by atoms with van der Waals surface area (Å²) >= 11 is 0. The average Bonchev–Trinajstić information content (AvgIpc) is 2.79. The highest BCUT2D eigenvalue weighted by atomic mass is 32.2. The van der Waals surface area contributed by atoms with Gasteiger partial charge in [0.1, 0.15) is 5.75 Å². The molecule has 0 heterocycles. The molecule has 2 N–H and O–H groups in total. The van der Waals surface area contributed by atoms with E-state index in [4.69, 9.17) is 4.74 Å². The van der Waals surface area contributed by atoms with Crippen LogP contribution in [0.1, 0.15) is 0 Å². The second-order valence-electron chi connectivity index (χ2n) is 5.95. The predicted molar refractivity (Wildman–Crippen MR) is 115 cm³/mol. The van der Waals surface area contributed by atoms with Crippen molar-refractivity contribution in [2.75, 3.05) is 31.4 Å². The number of hydrogen-bond donors (Lipinski definition) is 2. The van der Waals surface area contributed by atoms with Crippen LogP contribution in [0.5, 0.6) is 5.75 Å². The van der Waals surface area contributed by atoms with Crippen LogP contribution >= 0.6 is 0 Å². The molecule has 0 fully saturated rings. The highest BCUT2D eigenvalue weighted by molar-refractivity contribution is 7.92. The van der Waals surface area contributed by atoms with Gasteiger partial charge in [0.25, 0.3) is 10.0 Å². The van der Waals surface area contributed by atoms with E-state index in [1.54, 1.807) is 24.3 Å². The van der Waals surface area contributed by atoms with Gasteiger partial charge in [-0.3, -0.25) is 4.72 Å². The van der Waals surface area contributed by atoms with E-state index in [1.807, 2.05) is 0 Å². The van der Waals surface area contributed by atoms with Gasteiger partial charge in [-0.15, -0.1) is 0 Å². The van der Waals surface area contributed by atoms with Crippen molar-refractivity contribution >= 4 is 33.3 Å². The van der Waals surface area contributed by atoms with Gasteiger partial charge in [0.15, 0.2) is 0 Å². The van der Waals surface area contributed by atoms with Gasteiger partial charge in [-0.25, -0.2) is 18.0 Å². The Balaban J connectivity index is 2.13. The van der Waals surface area contributed by atoms with E-state index in [9.17, 15) is 18.0 Å². The lowest BCUT2D eigenvalue weighted by Gasteiger charge is -2.10. The number of esters is 2. The van der Waals surface area contributed by atoms with E-state index in [-0.39, 0.29) is 10.5 Å². The molecule has 2 aromatic rings. The van der Waals surface area contributed by atoms with E-state index >= 15 is 0 Å². The molecular weight excluding hydrogens is 424 g/mol. The van der Waals surface area contributed by atoms with Crippen LogP contribution in [0.3, 0.4) is 0 Å². The second-order valence-corrected chi connectivity index (χ2v) is 7.63. The van der Waals surface area contributed by atoms with Crippen LogP contribution in [0.4, 0.5) is 11.4 Å². The first kappa shape index (κ1) is 23.5. The van der Waals surface area contributed by atoms with Gasteiger partial charge in [-0.1, -0.05) is 0 Å². The summed E-state index contributed by atoms with van der Waals surface area (Å²) in [6.45, 7) is 0. The molecule has 0 aliphatic carbocycles. The normalized spacial score (nSPS) is 11.6. The number of methoxy groups -OCH3 is 3. The van der Waals surface area contributed by atoms with Gasteiger partial charge >= 0.3 is 11.9 Å². The van der Waals surface area contributed by atoms with Crippen molar-refractivity contribution in [1.29, 1.82) is 0 Å². The molecule has 31 heavy (non-hydrogen) atoms. The summed E-state index contributed by atoms with van der Waals surface area (Å²) in [5, 5.41) is 2.85. The summed E-state index contributed by atoms with van der Waals surface area (Å²) in [4.78, 5) is 23.1. The fourth-order valence-electron chi connectivity index (χ4n) is 2.28. The van der Waals surface area contributed by atoms with Crippen molar-refractivity contribution in [3.05, 3.63) is 72.5 Å². The smallest absolute Gasteiger partial charge is 0.339 e. The van der Waals surface area contributed by atoms with Gasteiger partial charge < -0.3 is 19.5 Å². The predicted octanol–water partition coefficient (Wildman–Crippen LogP) is 2.69. The maximum Gasteiger partial charge on any atom is 0.339 e. The van der Waals surface area contributed by atoms with Gasteiger partial charge in [-0.05, 0) is 54.6 Å². The summed E-state index contributed by atoms with van der Waals surface area (Å²) < 4.78 is 41.8. The topological polar surface area (TPSA) is 120 Å². The minimum Gasteiger partial charge on any atom is -0.497 e. The molecule has 0 spiro atoms. The van der Waals surface area contributed by atoms with Crippen molar-refractivity contribution in [3.8, 4) is 5.75 Å². The molecule has 2 aromatic carbocycles. The molecule has 0 aliphatic rings. The molecule has 0 atom stereocenters. The number of benzene rings is 2. The van der Waals surface area contributed by atoms with Crippen LogP contribution in [0.2, 0.25) is 0 Å². The molecule has 0 aromatic heterocycles. The summed E-state index contributed by atoms with van der Waals surface area (Å²) in [6, 6.07) is 12.3. The second kappa shape index (κ2) is 10.8. The number of sulfonamides is 1. The Hall–Kier alpha value is -3.79. The Morgan fingerprint density at radius 2 is 1.45 bits per heavy atom. The Labute approximate surface area is 180 Å². The third kappa shape index (κ3) is 6.89. The van der Waals surface area contributed by atoms with E-state index in [2.05, 4.69) is 19.5 Å². The SMILES string of the molecule is COC(=O)/C=C/C(=C/Nc1ccc(S(=O)(=O)Nc2ccc(OC)cc2)cc1)C(=O)OC. The summed E-state index contributed by atoms with van der Waals surface area (Å²) in [7, 11) is 0.151. The Kier molecular flexibility index (Phi) is 8.21. The zero-order chi connectivity index (χ0) is 22.9. The summed E-state index contributed by atoms with van der Waals surface area (Å²) in [5.74, 6) is -0.691. The third-order valence-electron chi connectivity index (χ3n) is 3.92. The number of rotatable bonds is 9. The molecule has 10 heteroatoms. The largest absolute Gasteiger partial charge is 0.497 e. The number of hydrogen-bond acceptors (Lipinski definition) is 8. The van der Waals surface area contributed by atoms with Crippen LogP contribution in [-0.4, -0.2) is 41.7 Å². The lowest BCUT2D eigenvalue weighted by atomic mass is 10.2. The Morgan fingerprint density at radius 1 is 0.839 bits per heavy atom. The van der Waals surface area contributed by atoms with Gasteiger partial charge in [0, 0.05) is 23.7 Å². The highest BCUT2D eigenvalue weighted by Crippen LogP contribution is 2.20. The Bertz CT molecular complexity index is 1070. The fourth-order valence-corrected chi connectivity index (χ4v) is 3.34. The van der Waals surface area contributed by atoms with Crippen LogP contribution in [0, 0.1) is 0 Å². The van der Waals surface area contributed by atoms with Crippen molar-refractivity contribution in [1.82, 2.24) is 0 Å². The van der Waals surface area contributed by atoms with Gasteiger partial charge in [0.05, 0.1) is 31.8 Å². The zero-order valence-electron chi connectivity index (χ0n) is 17.1. The number of carbonyl (C=O) groups excluding carboxylic acids is 2. The molecular formula is C21H22N2O7S. The lowest BCUT2D eigenvalue weighted by Crippen LogP contribution is -2.12. The first-order valence-electron chi connectivity index (χ1n) is 8.87. The summed E-state index contributed by atoms with van der Waals surface area (Å²) in [6.07, 6.45) is 3.64. The minimum absolute atomic E-state index is 0.0524. The van der Waals surface area contributed by atoms with Crippen molar-refractivity contribution in [2.24, 2.45) is 0 Å². The molecule has 0 amide bonds. The molecule has 164 valence electrons. The van der Waals surface area contributed by atoms with E-state index < -0.39 is 22.0 Å². The molecule has 0 unspecified atom stereocenters. The van der Waals surface area contributed by atoms with Gasteiger partial charge in [0.2, 0.25) is 0 Å². The first-order chi connectivity index (χ1) is 14.8. The van der Waals surface area contributed by atoms with E-state index in [0.29, 0.717) is 17.1 Å². The van der Waals surface area contributed by atoms with Crippen LogP contribution < -0.4 is 14.8 Å². The molecule has 0 radical (unpaired) electrons. The number of nitrogens with one attached hydrogen (secondary N) is 2. The standard InChI is InChI=1S/C21H22N2O7S/c1-28-18-9-5-17(6-10-18)23-31(26,27)19-11-7-16(8-12-19)22-14-15(21(25)30-3)4-13-20(24)29-2/h4-14,22-23H,1-3H3/b13-4+,15-14-. The maximum absolute atomic E-state index is 12.6. The lowest BCUT2D eigenvalue weighted by molar-refractivity contribution is -0.135. The van der Waals surface area contributed by atoms with Crippen molar-refractivity contribution < 1.29 is 32.2 Å². The molecule has 0 aliphatic heterocycles. The fraction of sp³-hybridized carbons (Fsp3) is 0.143. The maximum atomic E-state index is 12.6. The number of anilines is 2. The zero-order valence-corrected chi connectivity index (χ0v) is 17.9. The molecule has 0 saturated carbocycles. The molecule has 9 nitrogen and oxygen atoms in total. The number of ether oxygens (including phenoxy) is 3. The summed E-state index contributed by atoms with van der Waals surface area (Å²) in [5.41, 5.74) is 0.966. The van der Waals surface area contributed by atoms with Crippen LogP contribution in [0.25, 0.3) is 0 Å². The average molecular weight is 446 g/mol. The third-order valence-corrected chi connectivity index (χ3v) is 5.32. The van der Waals surface area contributed by atoms with E-state index in [0.717, 1.165) is 6.08 Å². The van der Waals surface area contributed by atoms with Crippen molar-refractivity contribution in [3.63, 3.8) is 0 Å². The minimum atomic E-state index is -3.79. The van der Waals surface area contributed by atoms with Crippen LogP contribution in [0.15, 0.2) is 77.4 Å². The number of carbonyl (C=O) groups is 2. The highest BCUT2D eigenvalue weighted by Gasteiger charge is 2.14. The quantitative estimate of drug-likeness (QED) is 0.343. The molecule has 0 saturated heterocycles. The molecule has 0 bridgehead atoms. The first-order valence-corrected chi connectivity index (χ1v) is 10.4. The Morgan fingerprint density at radius 3 is 2.00 bits per heavy atom. The van der Waals surface area contributed by atoms with Crippen molar-refractivity contribution in [2.45, 2.75) is 4.90 Å². The molecule has 2 rings (SSSR count).